The Morgan fingerprint density at radius 3 is 2.33 bits per heavy atom. The van der Waals surface area contributed by atoms with Crippen LogP contribution in [0.5, 0.6) is 5.75 Å². The first-order chi connectivity index (χ1) is 10.1. The number of pyridine rings is 1. The number of phenolic OH excluding ortho intramolecular Hbond substituents is 1. The van der Waals surface area contributed by atoms with Crippen molar-refractivity contribution in [1.29, 1.82) is 0 Å². The van der Waals surface area contributed by atoms with Gasteiger partial charge in [0.2, 0.25) is 5.91 Å². The van der Waals surface area contributed by atoms with Crippen molar-refractivity contribution in [2.45, 2.75) is 6.92 Å². The Labute approximate surface area is 123 Å². The van der Waals surface area contributed by atoms with Gasteiger partial charge in [0.15, 0.2) is 0 Å². The number of nitrogens with one attached hydrogen (secondary N) is 1. The summed E-state index contributed by atoms with van der Waals surface area (Å²) in [6.07, 6.45) is 1.81. The number of amides is 1. The van der Waals surface area contributed by atoms with Gasteiger partial charge in [-0.15, -0.1) is 0 Å². The molecule has 0 aliphatic rings. The van der Waals surface area contributed by atoms with Gasteiger partial charge >= 0.3 is 0 Å². The van der Waals surface area contributed by atoms with Crippen molar-refractivity contribution in [3.05, 3.63) is 66.9 Å². The largest absolute Gasteiger partial charge is 0.508 e. The van der Waals surface area contributed by atoms with E-state index in [1.54, 1.807) is 12.1 Å². The molecular weight excluding hydrogens is 264 g/mol. The van der Waals surface area contributed by atoms with Crippen LogP contribution in [0.2, 0.25) is 0 Å². The third kappa shape index (κ3) is 4.62. The van der Waals surface area contributed by atoms with E-state index in [1.165, 1.54) is 24.4 Å². The van der Waals surface area contributed by atoms with Crippen LogP contribution < -0.4 is 5.32 Å². The minimum Gasteiger partial charge on any atom is -0.508 e. The second-order valence-corrected chi connectivity index (χ2v) is 4.42. The zero-order valence-electron chi connectivity index (χ0n) is 11.7. The molecule has 1 heterocycles. The van der Waals surface area contributed by atoms with Crippen molar-refractivity contribution in [3.8, 4) is 5.75 Å². The Morgan fingerprint density at radius 1 is 1.00 bits per heavy atom. The second kappa shape index (κ2) is 7.05. The van der Waals surface area contributed by atoms with Crippen molar-refractivity contribution in [2.75, 3.05) is 5.32 Å². The maximum absolute atomic E-state index is 10.5. The monoisotopic (exact) mass is 280 g/mol. The van der Waals surface area contributed by atoms with Crippen molar-refractivity contribution >= 4 is 22.5 Å². The predicted molar refractivity (Wildman–Crippen MR) is 84.2 cm³/mol. The molecule has 0 fully saturated rings. The fourth-order valence-corrected chi connectivity index (χ4v) is 1.76. The number of hydrogen-bond donors (Lipinski definition) is 2. The molecule has 0 radical (unpaired) electrons. The molecule has 21 heavy (non-hydrogen) atoms. The van der Waals surface area contributed by atoms with Crippen LogP contribution in [-0.2, 0) is 4.79 Å². The molecule has 0 bridgehead atoms. The highest BCUT2D eigenvalue weighted by molar-refractivity contribution is 5.88. The highest BCUT2D eigenvalue weighted by Crippen LogP contribution is 2.13. The normalized spacial score (nSPS) is 9.57. The highest BCUT2D eigenvalue weighted by Gasteiger charge is 1.93. The molecule has 106 valence electrons. The Bertz CT molecular complexity index is 659. The molecule has 3 aromatic rings. The molecule has 4 heteroatoms. The van der Waals surface area contributed by atoms with E-state index >= 15 is 0 Å². The number of nitrogens with zero attached hydrogens (tertiary/aromatic N) is 1. The third-order valence-corrected chi connectivity index (χ3v) is 2.70. The number of phenols is 1. The molecule has 3 rings (SSSR count). The van der Waals surface area contributed by atoms with E-state index in [0.29, 0.717) is 5.69 Å². The lowest BCUT2D eigenvalue weighted by Crippen LogP contribution is -2.04. The van der Waals surface area contributed by atoms with Gasteiger partial charge in [0, 0.05) is 24.2 Å². The summed E-state index contributed by atoms with van der Waals surface area (Å²) in [5.74, 6) is 0.0785. The number of para-hydroxylation sites is 1. The van der Waals surface area contributed by atoms with Gasteiger partial charge in [-0.25, -0.2) is 0 Å². The van der Waals surface area contributed by atoms with Crippen molar-refractivity contribution in [2.24, 2.45) is 0 Å². The molecule has 0 aliphatic heterocycles. The van der Waals surface area contributed by atoms with E-state index in [2.05, 4.69) is 22.4 Å². The second-order valence-electron chi connectivity index (χ2n) is 4.42. The Balaban J connectivity index is 0.000000154. The number of aromatic hydroxyl groups is 1. The van der Waals surface area contributed by atoms with Crippen LogP contribution in [0, 0.1) is 0 Å². The number of fused-ring (bicyclic) bond motifs is 1. The van der Waals surface area contributed by atoms with E-state index < -0.39 is 0 Å². The summed E-state index contributed by atoms with van der Waals surface area (Å²) in [5.41, 5.74) is 1.75. The van der Waals surface area contributed by atoms with E-state index in [-0.39, 0.29) is 11.7 Å². The van der Waals surface area contributed by atoms with Crippen LogP contribution in [0.25, 0.3) is 10.9 Å². The molecule has 0 atom stereocenters. The molecule has 1 amide bonds. The van der Waals surface area contributed by atoms with E-state index in [4.69, 9.17) is 5.11 Å². The van der Waals surface area contributed by atoms with Crippen LogP contribution in [-0.4, -0.2) is 16.0 Å². The minimum atomic E-state index is -0.115. The smallest absolute Gasteiger partial charge is 0.221 e. The summed E-state index contributed by atoms with van der Waals surface area (Å²) >= 11 is 0. The first-order valence-corrected chi connectivity index (χ1v) is 6.51. The predicted octanol–water partition coefficient (Wildman–Crippen LogP) is 3.59. The molecule has 0 aliphatic carbocycles. The van der Waals surface area contributed by atoms with Gasteiger partial charge in [-0.3, -0.25) is 9.78 Å². The molecule has 0 unspecified atom stereocenters. The maximum atomic E-state index is 10.5. The van der Waals surface area contributed by atoms with Crippen LogP contribution in [0.15, 0.2) is 66.9 Å². The number of rotatable bonds is 1. The van der Waals surface area contributed by atoms with Gasteiger partial charge < -0.3 is 10.4 Å². The lowest BCUT2D eigenvalue weighted by Gasteiger charge is -1.99. The molecule has 4 nitrogen and oxygen atoms in total. The molecule has 0 saturated carbocycles. The first kappa shape index (κ1) is 14.5. The first-order valence-electron chi connectivity index (χ1n) is 6.51. The van der Waals surface area contributed by atoms with Crippen LogP contribution in [0.4, 0.5) is 5.69 Å². The number of anilines is 1. The Morgan fingerprint density at radius 2 is 1.67 bits per heavy atom. The molecule has 2 N–H and O–H groups in total. The summed E-state index contributed by atoms with van der Waals surface area (Å²) in [4.78, 5) is 14.7. The summed E-state index contributed by atoms with van der Waals surface area (Å²) in [7, 11) is 0. The van der Waals surface area contributed by atoms with Crippen LogP contribution in [0.1, 0.15) is 6.92 Å². The van der Waals surface area contributed by atoms with Crippen LogP contribution >= 0.6 is 0 Å². The zero-order chi connectivity index (χ0) is 15.1. The van der Waals surface area contributed by atoms with E-state index in [9.17, 15) is 4.79 Å². The van der Waals surface area contributed by atoms with Crippen LogP contribution in [0.3, 0.4) is 0 Å². The fourth-order valence-electron chi connectivity index (χ4n) is 1.76. The average Bonchev–Trinajstić information content (AvgIpc) is 2.50. The number of hydrogen-bond acceptors (Lipinski definition) is 3. The molecule has 1 aromatic heterocycles. The standard InChI is InChI=1S/C9H7N.C8H9NO2/c1-2-6-9-8(4-1)5-3-7-10-9;1-6(10)9-7-2-4-8(11)5-3-7/h1-7H;2-5,11H,1H3,(H,9,10). The van der Waals surface area contributed by atoms with E-state index in [0.717, 1.165) is 5.52 Å². The average molecular weight is 280 g/mol. The minimum absolute atomic E-state index is 0.115. The van der Waals surface area contributed by atoms with Crippen molar-refractivity contribution < 1.29 is 9.90 Å². The van der Waals surface area contributed by atoms with Gasteiger partial charge in [-0.05, 0) is 36.4 Å². The summed E-state index contributed by atoms with van der Waals surface area (Å²) in [6.45, 7) is 1.44. The van der Waals surface area contributed by atoms with Gasteiger partial charge in [0.25, 0.3) is 0 Å². The van der Waals surface area contributed by atoms with Gasteiger partial charge in [0.1, 0.15) is 5.75 Å². The Kier molecular flexibility index (Phi) is 4.88. The number of carbonyl (C=O) groups excluding carboxylic acids is 1. The van der Waals surface area contributed by atoms with Gasteiger partial charge in [-0.1, -0.05) is 24.3 Å². The number of aromatic nitrogens is 1. The number of benzene rings is 2. The highest BCUT2D eigenvalue weighted by atomic mass is 16.3. The van der Waals surface area contributed by atoms with Gasteiger partial charge in [-0.2, -0.15) is 0 Å². The van der Waals surface area contributed by atoms with Crippen molar-refractivity contribution in [1.82, 2.24) is 4.98 Å². The lowest BCUT2D eigenvalue weighted by molar-refractivity contribution is -0.114. The number of carbonyl (C=O) groups is 1. The third-order valence-electron chi connectivity index (χ3n) is 2.70. The lowest BCUT2D eigenvalue weighted by atomic mass is 10.2. The quantitative estimate of drug-likeness (QED) is 0.670. The van der Waals surface area contributed by atoms with E-state index in [1.807, 2.05) is 30.5 Å². The summed E-state index contributed by atoms with van der Waals surface area (Å²) < 4.78 is 0. The summed E-state index contributed by atoms with van der Waals surface area (Å²) in [6, 6.07) is 18.4. The summed E-state index contributed by atoms with van der Waals surface area (Å²) in [5, 5.41) is 12.7. The fraction of sp³-hybridized carbons (Fsp3) is 0.0588. The van der Waals surface area contributed by atoms with Gasteiger partial charge in [0.05, 0.1) is 5.52 Å². The van der Waals surface area contributed by atoms with Crippen molar-refractivity contribution in [3.63, 3.8) is 0 Å². The molecular formula is C17H16N2O2. The maximum Gasteiger partial charge on any atom is 0.221 e. The SMILES string of the molecule is CC(=O)Nc1ccc(O)cc1.c1ccc2ncccc2c1. The molecule has 0 saturated heterocycles. The zero-order valence-corrected chi connectivity index (χ0v) is 11.7. The topological polar surface area (TPSA) is 62.2 Å². The molecule has 0 spiro atoms. The molecule has 2 aromatic carbocycles. The Hall–Kier alpha value is -2.88.